The number of ether oxygens (including phenoxy) is 5. The number of nitrogens with zero attached hydrogens (tertiary/aromatic N) is 1. The lowest BCUT2D eigenvalue weighted by atomic mass is 9.75. The van der Waals surface area contributed by atoms with Crippen LogP contribution in [0.2, 0.25) is 0 Å². The van der Waals surface area contributed by atoms with E-state index < -0.39 is 5.41 Å². The first-order chi connectivity index (χ1) is 16.4. The second-order valence-electron chi connectivity index (χ2n) is 8.42. The van der Waals surface area contributed by atoms with Crippen molar-refractivity contribution in [2.45, 2.75) is 38.0 Å². The number of quaternary nitrogens is 1. The minimum absolute atomic E-state index is 0. The van der Waals surface area contributed by atoms with E-state index in [1.54, 1.807) is 35.5 Å². The smallest absolute Gasteiger partial charge is 0.203 e. The fourth-order valence-corrected chi connectivity index (χ4v) is 4.40. The van der Waals surface area contributed by atoms with Gasteiger partial charge in [0, 0.05) is 12.0 Å². The zero-order valence-electron chi connectivity index (χ0n) is 22.0. The zero-order valence-corrected chi connectivity index (χ0v) is 22.8. The average Bonchev–Trinajstić information content (AvgIpc) is 2.88. The normalized spacial score (nSPS) is 13.0. The lowest BCUT2D eigenvalue weighted by Crippen LogP contribution is -3.09. The third-order valence-electron chi connectivity index (χ3n) is 6.55. The van der Waals surface area contributed by atoms with Gasteiger partial charge in [-0.05, 0) is 43.0 Å². The fraction of sp³-hybridized carbons (Fsp3) is 0.519. The standard InChI is InChI=1S/C27H38N2O5.ClH/c1-8-27(19-28,21-17-23(31-4)26(34-7)24(18-21)32-5)14-10-15-29(2)16-13-20-11-9-12-22(30-3)25(20)33-6;/h9,11-12,17-18H,8,10,13-16H2,1-7H3;1H. The van der Waals surface area contributed by atoms with E-state index in [4.69, 9.17) is 23.7 Å². The summed E-state index contributed by atoms with van der Waals surface area (Å²) in [4.78, 5) is 1.40. The molecule has 1 N–H and O–H groups in total. The van der Waals surface area contributed by atoms with Gasteiger partial charge < -0.3 is 41.0 Å². The summed E-state index contributed by atoms with van der Waals surface area (Å²) in [5.74, 6) is 3.23. The third-order valence-corrected chi connectivity index (χ3v) is 6.55. The van der Waals surface area contributed by atoms with Crippen molar-refractivity contribution in [1.82, 2.24) is 0 Å². The summed E-state index contributed by atoms with van der Waals surface area (Å²) < 4.78 is 27.5. The molecule has 2 rings (SSSR count). The maximum Gasteiger partial charge on any atom is 0.203 e. The summed E-state index contributed by atoms with van der Waals surface area (Å²) in [6.45, 7) is 3.97. The minimum atomic E-state index is -0.622. The summed E-state index contributed by atoms with van der Waals surface area (Å²) >= 11 is 0. The first-order valence-electron chi connectivity index (χ1n) is 11.7. The highest BCUT2D eigenvalue weighted by molar-refractivity contribution is 5.56. The average molecular weight is 507 g/mol. The minimum Gasteiger partial charge on any atom is -1.00 e. The predicted molar refractivity (Wildman–Crippen MR) is 133 cm³/mol. The molecule has 2 aromatic carbocycles. The zero-order chi connectivity index (χ0) is 25.1. The van der Waals surface area contributed by atoms with Crippen LogP contribution in [0.25, 0.3) is 0 Å². The topological polar surface area (TPSA) is 74.4 Å². The van der Waals surface area contributed by atoms with Crippen LogP contribution in [-0.2, 0) is 11.8 Å². The van der Waals surface area contributed by atoms with Crippen molar-refractivity contribution < 1.29 is 41.0 Å². The number of hydrogen-bond donors (Lipinski definition) is 1. The van der Waals surface area contributed by atoms with E-state index >= 15 is 0 Å². The lowest BCUT2D eigenvalue weighted by Gasteiger charge is -2.28. The molecule has 2 unspecified atom stereocenters. The Morgan fingerprint density at radius 1 is 0.857 bits per heavy atom. The summed E-state index contributed by atoms with van der Waals surface area (Å²) in [7, 11) is 10.3. The van der Waals surface area contributed by atoms with E-state index in [-0.39, 0.29) is 12.4 Å². The third kappa shape index (κ3) is 7.09. The highest BCUT2D eigenvalue weighted by Crippen LogP contribution is 2.43. The second-order valence-corrected chi connectivity index (χ2v) is 8.42. The Kier molecular flexibility index (Phi) is 12.6. The molecule has 0 amide bonds. The van der Waals surface area contributed by atoms with Gasteiger partial charge in [0.2, 0.25) is 5.75 Å². The van der Waals surface area contributed by atoms with Crippen LogP contribution in [0.1, 0.15) is 37.3 Å². The van der Waals surface area contributed by atoms with Crippen LogP contribution in [-0.4, -0.2) is 55.7 Å². The van der Waals surface area contributed by atoms with Gasteiger partial charge >= 0.3 is 0 Å². The first kappa shape index (κ1) is 30.2. The molecular formula is C27H39ClN2O5. The Morgan fingerprint density at radius 3 is 1.94 bits per heavy atom. The molecule has 0 spiro atoms. The van der Waals surface area contributed by atoms with Crippen LogP contribution < -0.4 is 41.0 Å². The summed E-state index contributed by atoms with van der Waals surface area (Å²) in [6.07, 6.45) is 3.25. The van der Waals surface area contributed by atoms with Crippen LogP contribution in [0, 0.1) is 11.3 Å². The summed E-state index contributed by atoms with van der Waals surface area (Å²) in [5.41, 5.74) is 1.41. The SMILES string of the molecule is CCC(C#N)(CCC[NH+](C)CCc1cccc(OC)c1OC)c1cc(OC)c(OC)c(OC)c1.[Cl-]. The molecule has 0 saturated carbocycles. The van der Waals surface area contributed by atoms with E-state index in [2.05, 4.69) is 26.1 Å². The van der Waals surface area contributed by atoms with E-state index in [9.17, 15) is 5.26 Å². The Balaban J connectivity index is 0.00000612. The highest BCUT2D eigenvalue weighted by atomic mass is 35.5. The number of para-hydroxylation sites is 1. The number of nitrogens with one attached hydrogen (secondary N) is 1. The molecule has 0 radical (unpaired) electrons. The molecule has 0 aliphatic rings. The van der Waals surface area contributed by atoms with Gasteiger partial charge in [0.1, 0.15) is 0 Å². The number of halogens is 1. The van der Waals surface area contributed by atoms with E-state index in [0.717, 1.165) is 55.0 Å². The Labute approximate surface area is 216 Å². The highest BCUT2D eigenvalue weighted by Gasteiger charge is 2.33. The molecule has 0 aliphatic carbocycles. The van der Waals surface area contributed by atoms with Gasteiger partial charge in [-0.2, -0.15) is 5.26 Å². The van der Waals surface area contributed by atoms with Gasteiger partial charge in [-0.1, -0.05) is 19.1 Å². The molecule has 8 heteroatoms. The van der Waals surface area contributed by atoms with Crippen molar-refractivity contribution in [2.75, 3.05) is 55.7 Å². The van der Waals surface area contributed by atoms with Crippen molar-refractivity contribution in [2.24, 2.45) is 0 Å². The molecule has 0 fully saturated rings. The van der Waals surface area contributed by atoms with E-state index in [0.29, 0.717) is 23.7 Å². The molecule has 2 aromatic rings. The predicted octanol–water partition coefficient (Wildman–Crippen LogP) is 0.443. The second kappa shape index (κ2) is 14.6. The number of likely N-dealkylation sites (N-methyl/N-ethyl adjacent to an activating group) is 1. The molecule has 7 nitrogen and oxygen atoms in total. The Morgan fingerprint density at radius 2 is 1.46 bits per heavy atom. The van der Waals surface area contributed by atoms with Crippen LogP contribution in [0.4, 0.5) is 0 Å². The van der Waals surface area contributed by atoms with Crippen molar-refractivity contribution >= 4 is 0 Å². The van der Waals surface area contributed by atoms with Crippen LogP contribution in [0.3, 0.4) is 0 Å². The van der Waals surface area contributed by atoms with E-state index in [1.165, 1.54) is 4.90 Å². The first-order valence-corrected chi connectivity index (χ1v) is 11.7. The van der Waals surface area contributed by atoms with Crippen molar-refractivity contribution in [1.29, 1.82) is 5.26 Å². The Hall–Kier alpha value is -2.82. The molecule has 35 heavy (non-hydrogen) atoms. The van der Waals surface area contributed by atoms with Gasteiger partial charge in [-0.15, -0.1) is 0 Å². The van der Waals surface area contributed by atoms with Gasteiger partial charge in [0.15, 0.2) is 23.0 Å². The number of methoxy groups -OCH3 is 5. The van der Waals surface area contributed by atoms with Crippen LogP contribution in [0.5, 0.6) is 28.7 Å². The molecule has 0 bridgehead atoms. The van der Waals surface area contributed by atoms with Crippen LogP contribution in [0.15, 0.2) is 30.3 Å². The van der Waals surface area contributed by atoms with Crippen molar-refractivity contribution in [3.63, 3.8) is 0 Å². The van der Waals surface area contributed by atoms with Gasteiger partial charge in [0.25, 0.3) is 0 Å². The van der Waals surface area contributed by atoms with Crippen molar-refractivity contribution in [3.05, 3.63) is 41.5 Å². The molecular weight excluding hydrogens is 468 g/mol. The van der Waals surface area contributed by atoms with Crippen LogP contribution >= 0.6 is 0 Å². The molecule has 0 aliphatic heterocycles. The number of hydrogen-bond acceptors (Lipinski definition) is 6. The number of nitriles is 1. The van der Waals surface area contributed by atoms with E-state index in [1.807, 2.05) is 24.3 Å². The number of benzene rings is 2. The monoisotopic (exact) mass is 506 g/mol. The van der Waals surface area contributed by atoms with Crippen molar-refractivity contribution in [3.8, 4) is 34.8 Å². The molecule has 0 aromatic heterocycles. The quantitative estimate of drug-likeness (QED) is 0.401. The van der Waals surface area contributed by atoms with Gasteiger partial charge in [-0.3, -0.25) is 0 Å². The molecule has 0 heterocycles. The van der Waals surface area contributed by atoms with Gasteiger partial charge in [0.05, 0.1) is 67.2 Å². The molecule has 194 valence electrons. The number of rotatable bonds is 14. The fourth-order valence-electron chi connectivity index (χ4n) is 4.40. The summed E-state index contributed by atoms with van der Waals surface area (Å²) in [5, 5.41) is 10.2. The Bertz CT molecular complexity index is 954. The molecule has 0 saturated heterocycles. The largest absolute Gasteiger partial charge is 1.00 e. The molecule has 2 atom stereocenters. The maximum atomic E-state index is 10.2. The summed E-state index contributed by atoms with van der Waals surface area (Å²) in [6, 6.07) is 12.4. The lowest BCUT2D eigenvalue weighted by molar-refractivity contribution is -0.879. The van der Waals surface area contributed by atoms with Gasteiger partial charge in [-0.25, -0.2) is 0 Å². The maximum absolute atomic E-state index is 10.2.